The average molecular weight is 403 g/mol. The van der Waals surface area contributed by atoms with E-state index in [2.05, 4.69) is 4.98 Å². The summed E-state index contributed by atoms with van der Waals surface area (Å²) in [5.74, 6) is -0.585. The highest BCUT2D eigenvalue weighted by Crippen LogP contribution is 2.57. The first-order valence-electron chi connectivity index (χ1n) is 7.95. The first-order valence-corrected chi connectivity index (χ1v) is 9.61. The van der Waals surface area contributed by atoms with E-state index < -0.39 is 32.9 Å². The zero-order chi connectivity index (χ0) is 19.3. The van der Waals surface area contributed by atoms with E-state index in [-0.39, 0.29) is 22.5 Å². The zero-order valence-electron chi connectivity index (χ0n) is 14.5. The van der Waals surface area contributed by atoms with Crippen LogP contribution in [0.1, 0.15) is 31.9 Å². The maximum absolute atomic E-state index is 14.6. The van der Waals surface area contributed by atoms with Gasteiger partial charge in [0.2, 0.25) is 0 Å². The van der Waals surface area contributed by atoms with Crippen LogP contribution in [0.4, 0.5) is 24.5 Å². The van der Waals surface area contributed by atoms with Crippen molar-refractivity contribution in [1.29, 1.82) is 0 Å². The Balaban J connectivity index is 2.37. The van der Waals surface area contributed by atoms with E-state index >= 15 is 0 Å². The van der Waals surface area contributed by atoms with Crippen LogP contribution in [0.2, 0.25) is 0 Å². The van der Waals surface area contributed by atoms with Crippen LogP contribution in [0.15, 0.2) is 42.7 Å². The third kappa shape index (κ3) is 2.81. The van der Waals surface area contributed by atoms with Crippen LogP contribution >= 0.6 is 11.8 Å². The van der Waals surface area contributed by atoms with Crippen LogP contribution in [0.3, 0.4) is 0 Å². The summed E-state index contributed by atoms with van der Waals surface area (Å²) in [6, 6.07) is 7.40. The molecule has 2 atom stereocenters. The minimum Gasteiger partial charge on any atom is -0.262 e. The molecule has 3 nitrogen and oxygen atoms in total. The van der Waals surface area contributed by atoms with Gasteiger partial charge in [-0.3, -0.25) is 13.6 Å². The lowest BCUT2D eigenvalue weighted by atomic mass is 9.72. The number of anilines is 2. The van der Waals surface area contributed by atoms with E-state index in [9.17, 15) is 17.4 Å². The molecule has 0 radical (unpaired) electrons. The molecule has 0 spiro atoms. The summed E-state index contributed by atoms with van der Waals surface area (Å²) in [7, 11) is -1.75. The molecule has 2 aromatic rings. The second-order valence-electron chi connectivity index (χ2n) is 7.20. The van der Waals surface area contributed by atoms with E-state index in [1.807, 2.05) is 0 Å². The van der Waals surface area contributed by atoms with Crippen LogP contribution in [0.5, 0.6) is 0 Å². The SMILES string of the molecule is CC(C)(C)S(=O)CC1(C(F)(F)F)c2ccccc2N(Cl)c2cnccc21. The number of alkyl halides is 3. The molecule has 0 saturated heterocycles. The predicted octanol–water partition coefficient (Wildman–Crippen LogP) is 5.08. The Labute approximate surface area is 157 Å². The van der Waals surface area contributed by atoms with Gasteiger partial charge in [0.25, 0.3) is 0 Å². The highest BCUT2D eigenvalue weighted by Gasteiger charge is 2.62. The van der Waals surface area contributed by atoms with E-state index in [1.54, 1.807) is 26.8 Å². The summed E-state index contributed by atoms with van der Waals surface area (Å²) in [6.07, 6.45) is -2.06. The first-order chi connectivity index (χ1) is 12.0. The summed E-state index contributed by atoms with van der Waals surface area (Å²) < 4.78 is 57.1. The highest BCUT2D eigenvalue weighted by atomic mass is 35.5. The largest absolute Gasteiger partial charge is 0.403 e. The molecule has 0 N–H and O–H groups in total. The Bertz CT molecular complexity index is 817. The number of rotatable bonds is 2. The van der Waals surface area contributed by atoms with Crippen molar-refractivity contribution in [1.82, 2.24) is 4.98 Å². The van der Waals surface area contributed by atoms with Gasteiger partial charge in [-0.15, -0.1) is 0 Å². The zero-order valence-corrected chi connectivity index (χ0v) is 16.0. The summed E-state index contributed by atoms with van der Waals surface area (Å²) in [5.41, 5.74) is -2.09. The molecule has 1 aromatic carbocycles. The number of fused-ring (bicyclic) bond motifs is 2. The minimum atomic E-state index is -4.67. The molecule has 2 unspecified atom stereocenters. The molecule has 0 amide bonds. The lowest BCUT2D eigenvalue weighted by molar-refractivity contribution is -0.171. The number of halogens is 4. The Morgan fingerprint density at radius 1 is 1.12 bits per heavy atom. The van der Waals surface area contributed by atoms with Crippen LogP contribution in [-0.2, 0) is 16.2 Å². The Hall–Kier alpha value is -1.60. The number of para-hydroxylation sites is 1. The smallest absolute Gasteiger partial charge is 0.262 e. The maximum atomic E-state index is 14.6. The molecular formula is C18H18ClF3N2OS. The van der Waals surface area contributed by atoms with Crippen molar-refractivity contribution in [3.05, 3.63) is 53.9 Å². The molecule has 1 aliphatic heterocycles. The molecule has 140 valence electrons. The summed E-state index contributed by atoms with van der Waals surface area (Å²) in [6.45, 7) is 5.01. The fraction of sp³-hybridized carbons (Fsp3) is 0.389. The number of aromatic nitrogens is 1. The molecule has 26 heavy (non-hydrogen) atoms. The highest BCUT2D eigenvalue weighted by molar-refractivity contribution is 7.86. The van der Waals surface area contributed by atoms with Gasteiger partial charge < -0.3 is 0 Å². The standard InChI is InChI=1S/C18H18ClF3N2OS/c1-16(2,3)26(25)11-17(18(20,21)22)12-6-4-5-7-14(12)24(19)15-10-23-9-8-13(15)17/h4-10H,11H2,1-3H3. The molecule has 0 aliphatic carbocycles. The van der Waals surface area contributed by atoms with Gasteiger partial charge in [0.1, 0.15) is 5.41 Å². The van der Waals surface area contributed by atoms with Crippen LogP contribution in [0.25, 0.3) is 0 Å². The number of hydrogen-bond acceptors (Lipinski definition) is 3. The van der Waals surface area contributed by atoms with Gasteiger partial charge in [0.15, 0.2) is 0 Å². The summed E-state index contributed by atoms with van der Waals surface area (Å²) in [4.78, 5) is 3.93. The molecular weight excluding hydrogens is 385 g/mol. The van der Waals surface area contributed by atoms with Crippen LogP contribution < -0.4 is 4.42 Å². The normalized spacial score (nSPS) is 21.1. The number of hydrogen-bond donors (Lipinski definition) is 0. The summed E-state index contributed by atoms with van der Waals surface area (Å²) >= 11 is 6.33. The summed E-state index contributed by atoms with van der Waals surface area (Å²) in [5, 5.41) is 0. The van der Waals surface area contributed by atoms with Crippen molar-refractivity contribution in [3.8, 4) is 0 Å². The Morgan fingerprint density at radius 2 is 1.73 bits per heavy atom. The molecule has 1 aliphatic rings. The van der Waals surface area contributed by atoms with Gasteiger partial charge in [0.05, 0.1) is 17.6 Å². The third-order valence-corrected chi connectivity index (χ3v) is 6.99. The molecule has 8 heteroatoms. The van der Waals surface area contributed by atoms with Crippen molar-refractivity contribution >= 4 is 34.0 Å². The van der Waals surface area contributed by atoms with Crippen molar-refractivity contribution in [2.75, 3.05) is 10.2 Å². The van der Waals surface area contributed by atoms with Crippen molar-refractivity contribution < 1.29 is 17.4 Å². The van der Waals surface area contributed by atoms with E-state index in [0.29, 0.717) is 0 Å². The first kappa shape index (κ1) is 19.2. The maximum Gasteiger partial charge on any atom is 0.403 e. The molecule has 1 aromatic heterocycles. The Kier molecular flexibility index (Phi) is 4.60. The predicted molar refractivity (Wildman–Crippen MR) is 98.3 cm³/mol. The van der Waals surface area contributed by atoms with Gasteiger partial charge >= 0.3 is 6.18 Å². The molecule has 0 fully saturated rings. The van der Waals surface area contributed by atoms with Gasteiger partial charge in [-0.05, 0) is 38.5 Å². The fourth-order valence-electron chi connectivity index (χ4n) is 3.14. The van der Waals surface area contributed by atoms with Gasteiger partial charge in [-0.1, -0.05) is 18.2 Å². The van der Waals surface area contributed by atoms with Crippen LogP contribution in [0, 0.1) is 0 Å². The molecule has 0 bridgehead atoms. The quantitative estimate of drug-likeness (QED) is 0.656. The topological polar surface area (TPSA) is 33.2 Å². The lowest BCUT2D eigenvalue weighted by Gasteiger charge is -2.44. The lowest BCUT2D eigenvalue weighted by Crippen LogP contribution is -2.52. The second kappa shape index (κ2) is 6.23. The van der Waals surface area contributed by atoms with Gasteiger partial charge in [0, 0.05) is 44.8 Å². The molecule has 3 rings (SSSR count). The molecule has 0 saturated carbocycles. The minimum absolute atomic E-state index is 0.00111. The Morgan fingerprint density at radius 3 is 2.35 bits per heavy atom. The number of pyridine rings is 1. The fourth-order valence-corrected chi connectivity index (χ4v) is 4.72. The number of benzene rings is 1. The average Bonchev–Trinajstić information content (AvgIpc) is 2.56. The van der Waals surface area contributed by atoms with E-state index in [1.165, 1.54) is 41.1 Å². The second-order valence-corrected chi connectivity index (χ2v) is 9.74. The van der Waals surface area contributed by atoms with Gasteiger partial charge in [-0.2, -0.15) is 13.2 Å². The van der Waals surface area contributed by atoms with Crippen molar-refractivity contribution in [2.45, 2.75) is 37.1 Å². The van der Waals surface area contributed by atoms with Gasteiger partial charge in [-0.25, -0.2) is 0 Å². The van der Waals surface area contributed by atoms with Crippen molar-refractivity contribution in [2.24, 2.45) is 0 Å². The monoisotopic (exact) mass is 402 g/mol. The van der Waals surface area contributed by atoms with E-state index in [4.69, 9.17) is 11.8 Å². The third-order valence-electron chi connectivity index (χ3n) is 4.56. The van der Waals surface area contributed by atoms with Crippen molar-refractivity contribution in [3.63, 3.8) is 0 Å². The number of nitrogens with zero attached hydrogens (tertiary/aromatic N) is 2. The molecule has 2 heterocycles. The van der Waals surface area contributed by atoms with Crippen LogP contribution in [-0.4, -0.2) is 25.9 Å². The van der Waals surface area contributed by atoms with E-state index in [0.717, 1.165) is 0 Å².